The van der Waals surface area contributed by atoms with Crippen molar-refractivity contribution in [2.24, 2.45) is 5.73 Å². The predicted octanol–water partition coefficient (Wildman–Crippen LogP) is 1.33. The van der Waals surface area contributed by atoms with Gasteiger partial charge in [-0.25, -0.2) is 4.79 Å². The third-order valence-corrected chi connectivity index (χ3v) is 2.00. The molecule has 0 radical (unpaired) electrons. The minimum Gasteiger partial charge on any atom is -0.494 e. The van der Waals surface area contributed by atoms with Crippen LogP contribution in [0.3, 0.4) is 0 Å². The quantitative estimate of drug-likeness (QED) is 0.760. The van der Waals surface area contributed by atoms with E-state index >= 15 is 0 Å². The summed E-state index contributed by atoms with van der Waals surface area (Å²) in [5, 5.41) is 0. The highest BCUT2D eigenvalue weighted by Gasteiger charge is 2.09. The van der Waals surface area contributed by atoms with E-state index in [0.29, 0.717) is 24.5 Å². The highest BCUT2D eigenvalue weighted by atomic mass is 16.5. The average molecular weight is 209 g/mol. The van der Waals surface area contributed by atoms with Crippen LogP contribution >= 0.6 is 0 Å². The van der Waals surface area contributed by atoms with E-state index in [-0.39, 0.29) is 5.97 Å². The molecule has 0 aliphatic rings. The molecule has 0 bridgehead atoms. The Labute approximate surface area is 89.0 Å². The molecule has 0 fully saturated rings. The first-order chi connectivity index (χ1) is 7.22. The fourth-order valence-electron chi connectivity index (χ4n) is 1.28. The molecule has 0 heterocycles. The minimum atomic E-state index is -0.368. The zero-order chi connectivity index (χ0) is 11.3. The molecule has 0 spiro atoms. The van der Waals surface area contributed by atoms with Crippen molar-refractivity contribution in [1.29, 1.82) is 0 Å². The molecule has 82 valence electrons. The van der Waals surface area contributed by atoms with E-state index in [1.807, 2.05) is 6.92 Å². The van der Waals surface area contributed by atoms with Gasteiger partial charge in [0.1, 0.15) is 5.75 Å². The lowest BCUT2D eigenvalue weighted by Crippen LogP contribution is -2.06. The van der Waals surface area contributed by atoms with E-state index in [4.69, 9.17) is 10.5 Å². The molecule has 0 unspecified atom stereocenters. The number of hydrogen-bond acceptors (Lipinski definition) is 4. The fraction of sp³-hybridized carbons (Fsp3) is 0.364. The Morgan fingerprint density at radius 1 is 1.47 bits per heavy atom. The Hall–Kier alpha value is -1.55. The Kier molecular flexibility index (Phi) is 4.12. The maximum absolute atomic E-state index is 11.2. The van der Waals surface area contributed by atoms with Crippen LogP contribution in [0, 0.1) is 0 Å². The maximum Gasteiger partial charge on any atom is 0.337 e. The second-order valence-corrected chi connectivity index (χ2v) is 2.95. The van der Waals surface area contributed by atoms with Gasteiger partial charge in [0, 0.05) is 12.1 Å². The molecule has 0 aliphatic heterocycles. The number of carbonyl (C=O) groups is 1. The highest BCUT2D eigenvalue weighted by molar-refractivity contribution is 5.89. The summed E-state index contributed by atoms with van der Waals surface area (Å²) in [5.74, 6) is 0.348. The zero-order valence-corrected chi connectivity index (χ0v) is 8.95. The normalized spacial score (nSPS) is 9.80. The number of hydrogen-bond donors (Lipinski definition) is 1. The molecule has 0 aromatic heterocycles. The molecule has 0 amide bonds. The molecule has 4 heteroatoms. The fourth-order valence-corrected chi connectivity index (χ4v) is 1.28. The predicted molar refractivity (Wildman–Crippen MR) is 56.8 cm³/mol. The molecular weight excluding hydrogens is 194 g/mol. The van der Waals surface area contributed by atoms with Gasteiger partial charge >= 0.3 is 5.97 Å². The summed E-state index contributed by atoms with van der Waals surface area (Å²) in [6.07, 6.45) is 0. The first kappa shape index (κ1) is 11.5. The molecule has 0 saturated carbocycles. The number of esters is 1. The minimum absolute atomic E-state index is 0.333. The summed E-state index contributed by atoms with van der Waals surface area (Å²) in [5.41, 5.74) is 6.85. The molecule has 15 heavy (non-hydrogen) atoms. The third kappa shape index (κ3) is 2.70. The van der Waals surface area contributed by atoms with Gasteiger partial charge in [0.2, 0.25) is 0 Å². The Morgan fingerprint density at radius 3 is 2.73 bits per heavy atom. The number of ether oxygens (including phenoxy) is 2. The van der Waals surface area contributed by atoms with Crippen LogP contribution in [0.25, 0.3) is 0 Å². The van der Waals surface area contributed by atoms with Crippen LogP contribution in [0.1, 0.15) is 22.8 Å². The molecule has 1 aromatic rings. The van der Waals surface area contributed by atoms with Crippen molar-refractivity contribution in [2.45, 2.75) is 13.5 Å². The molecule has 0 aliphatic carbocycles. The molecule has 2 N–H and O–H groups in total. The van der Waals surface area contributed by atoms with Gasteiger partial charge in [0.15, 0.2) is 0 Å². The summed E-state index contributed by atoms with van der Waals surface area (Å²) >= 11 is 0. The van der Waals surface area contributed by atoms with E-state index in [2.05, 4.69) is 4.74 Å². The Morgan fingerprint density at radius 2 is 2.20 bits per heavy atom. The van der Waals surface area contributed by atoms with Crippen LogP contribution in [0.2, 0.25) is 0 Å². The van der Waals surface area contributed by atoms with Crippen LogP contribution in [-0.4, -0.2) is 19.7 Å². The molecule has 4 nitrogen and oxygen atoms in total. The van der Waals surface area contributed by atoms with E-state index < -0.39 is 0 Å². The van der Waals surface area contributed by atoms with Gasteiger partial charge in [-0.3, -0.25) is 0 Å². The first-order valence-electron chi connectivity index (χ1n) is 4.77. The average Bonchev–Trinajstić information content (AvgIpc) is 2.29. The van der Waals surface area contributed by atoms with Crippen molar-refractivity contribution in [1.82, 2.24) is 0 Å². The van der Waals surface area contributed by atoms with Crippen LogP contribution in [-0.2, 0) is 11.3 Å². The Balaban J connectivity index is 3.01. The van der Waals surface area contributed by atoms with Gasteiger partial charge in [-0.05, 0) is 25.1 Å². The summed E-state index contributed by atoms with van der Waals surface area (Å²) in [4.78, 5) is 11.2. The van der Waals surface area contributed by atoms with E-state index in [0.717, 1.165) is 5.56 Å². The standard InChI is InChI=1S/C11H15NO3/c1-3-15-10-5-4-8(11(13)14-2)6-9(10)7-12/h4-6H,3,7,12H2,1-2H3. The van der Waals surface area contributed by atoms with Crippen molar-refractivity contribution in [3.05, 3.63) is 29.3 Å². The maximum atomic E-state index is 11.2. The first-order valence-corrected chi connectivity index (χ1v) is 4.77. The van der Waals surface area contributed by atoms with Gasteiger partial charge in [-0.1, -0.05) is 0 Å². The SMILES string of the molecule is CCOc1ccc(C(=O)OC)cc1CN. The molecule has 0 atom stereocenters. The van der Waals surface area contributed by atoms with Crippen molar-refractivity contribution in [3.8, 4) is 5.75 Å². The van der Waals surface area contributed by atoms with Crippen molar-refractivity contribution in [3.63, 3.8) is 0 Å². The van der Waals surface area contributed by atoms with Crippen LogP contribution in [0.5, 0.6) is 5.75 Å². The summed E-state index contributed by atoms with van der Waals surface area (Å²) in [7, 11) is 1.35. The van der Waals surface area contributed by atoms with Gasteiger partial charge in [-0.15, -0.1) is 0 Å². The lowest BCUT2D eigenvalue weighted by atomic mass is 10.1. The molecule has 0 saturated heterocycles. The van der Waals surface area contributed by atoms with E-state index in [1.165, 1.54) is 7.11 Å². The zero-order valence-electron chi connectivity index (χ0n) is 8.95. The van der Waals surface area contributed by atoms with Crippen LogP contribution < -0.4 is 10.5 Å². The summed E-state index contributed by atoms with van der Waals surface area (Å²) in [6.45, 7) is 2.80. The lowest BCUT2D eigenvalue weighted by Gasteiger charge is -2.09. The van der Waals surface area contributed by atoms with Gasteiger partial charge < -0.3 is 15.2 Å². The monoisotopic (exact) mass is 209 g/mol. The second kappa shape index (κ2) is 5.36. The van der Waals surface area contributed by atoms with Crippen molar-refractivity contribution in [2.75, 3.05) is 13.7 Å². The van der Waals surface area contributed by atoms with Gasteiger partial charge in [-0.2, -0.15) is 0 Å². The van der Waals surface area contributed by atoms with Gasteiger partial charge in [0.25, 0.3) is 0 Å². The second-order valence-electron chi connectivity index (χ2n) is 2.95. The van der Waals surface area contributed by atoms with Gasteiger partial charge in [0.05, 0.1) is 19.3 Å². The molecule has 1 aromatic carbocycles. The highest BCUT2D eigenvalue weighted by Crippen LogP contribution is 2.20. The lowest BCUT2D eigenvalue weighted by molar-refractivity contribution is 0.0600. The summed E-state index contributed by atoms with van der Waals surface area (Å²) in [6, 6.07) is 5.09. The topological polar surface area (TPSA) is 61.5 Å². The molecule has 1 rings (SSSR count). The van der Waals surface area contributed by atoms with E-state index in [9.17, 15) is 4.79 Å². The van der Waals surface area contributed by atoms with Crippen molar-refractivity contribution >= 4 is 5.97 Å². The largest absolute Gasteiger partial charge is 0.494 e. The summed E-state index contributed by atoms with van der Waals surface area (Å²) < 4.78 is 9.98. The van der Waals surface area contributed by atoms with E-state index in [1.54, 1.807) is 18.2 Å². The molecular formula is C11H15NO3. The number of carbonyl (C=O) groups excluding carboxylic acids is 1. The van der Waals surface area contributed by atoms with Crippen LogP contribution in [0.15, 0.2) is 18.2 Å². The number of nitrogens with two attached hydrogens (primary N) is 1. The van der Waals surface area contributed by atoms with Crippen LogP contribution in [0.4, 0.5) is 0 Å². The van der Waals surface area contributed by atoms with Crippen molar-refractivity contribution < 1.29 is 14.3 Å². The number of benzene rings is 1. The third-order valence-electron chi connectivity index (χ3n) is 2.00. The Bertz CT molecular complexity index is 350. The number of methoxy groups -OCH3 is 1. The smallest absolute Gasteiger partial charge is 0.337 e. The number of rotatable bonds is 4.